The Morgan fingerprint density at radius 1 is 1.50 bits per heavy atom. The van der Waals surface area contributed by atoms with Gasteiger partial charge in [0, 0.05) is 23.9 Å². The van der Waals surface area contributed by atoms with Crippen molar-refractivity contribution in [2.45, 2.75) is 32.1 Å². The van der Waals surface area contributed by atoms with Crippen molar-refractivity contribution in [1.29, 1.82) is 0 Å². The quantitative estimate of drug-likeness (QED) is 0.765. The molecule has 8 heteroatoms. The Labute approximate surface area is 126 Å². The summed E-state index contributed by atoms with van der Waals surface area (Å²) in [7, 11) is 0. The summed E-state index contributed by atoms with van der Waals surface area (Å²) in [5, 5.41) is 9.32. The second kappa shape index (κ2) is 6.00. The van der Waals surface area contributed by atoms with E-state index in [1.165, 1.54) is 18.7 Å². The molecule has 0 radical (unpaired) electrons. The summed E-state index contributed by atoms with van der Waals surface area (Å²) in [6.07, 6.45) is 4.84. The molecule has 2 heterocycles. The van der Waals surface area contributed by atoms with Gasteiger partial charge in [-0.1, -0.05) is 6.42 Å². The predicted octanol–water partition coefficient (Wildman–Crippen LogP) is 1.09. The van der Waals surface area contributed by atoms with Gasteiger partial charge in [-0.05, 0) is 19.8 Å². The Bertz CT molecular complexity index is 732. The van der Waals surface area contributed by atoms with Crippen LogP contribution in [0.3, 0.4) is 0 Å². The number of anilines is 1. The summed E-state index contributed by atoms with van der Waals surface area (Å²) in [4.78, 5) is 30.5. The van der Waals surface area contributed by atoms with Crippen molar-refractivity contribution in [3.8, 4) is 5.75 Å². The van der Waals surface area contributed by atoms with Crippen molar-refractivity contribution >= 4 is 11.9 Å². The van der Waals surface area contributed by atoms with Gasteiger partial charge in [-0.25, -0.2) is 0 Å². The van der Waals surface area contributed by atoms with Gasteiger partial charge in [0.05, 0.1) is 0 Å². The van der Waals surface area contributed by atoms with Crippen LogP contribution in [0, 0.1) is 6.92 Å². The number of carbonyl (C=O) groups is 1. The molecule has 0 spiro atoms. The van der Waals surface area contributed by atoms with Gasteiger partial charge < -0.3 is 9.72 Å². The van der Waals surface area contributed by atoms with Crippen molar-refractivity contribution < 1.29 is 9.53 Å². The Kier molecular flexibility index (Phi) is 3.90. The summed E-state index contributed by atoms with van der Waals surface area (Å²) in [5.41, 5.74) is 0.459. The molecule has 1 saturated carbocycles. The van der Waals surface area contributed by atoms with Gasteiger partial charge in [0.15, 0.2) is 12.4 Å². The average Bonchev–Trinajstić information content (AvgIpc) is 2.83. The maximum absolute atomic E-state index is 11.8. The molecule has 0 aromatic carbocycles. The molecule has 1 fully saturated rings. The van der Waals surface area contributed by atoms with Crippen LogP contribution in [0.4, 0.5) is 5.95 Å². The minimum atomic E-state index is -0.417. The summed E-state index contributed by atoms with van der Waals surface area (Å²) in [6.45, 7) is 1.49. The van der Waals surface area contributed by atoms with E-state index in [1.807, 2.05) is 0 Å². The monoisotopic (exact) mass is 303 g/mol. The standard InChI is InChI=1S/C14H17N5O3/c1-8-5-10(20)11(6-15-8)22-7-12(21)16-14-17-13(18-19-14)9-3-2-4-9/h5-6,9H,2-4,7H2,1H3,(H,15,20)(H2,16,17,18,19,21). The number of aromatic nitrogens is 4. The lowest BCUT2D eigenvalue weighted by molar-refractivity contribution is -0.118. The molecule has 1 aliphatic rings. The fraction of sp³-hybridized carbons (Fsp3) is 0.429. The first-order valence-corrected chi connectivity index (χ1v) is 7.16. The minimum absolute atomic E-state index is 0.103. The van der Waals surface area contributed by atoms with E-state index in [1.54, 1.807) is 6.92 Å². The number of nitrogens with one attached hydrogen (secondary N) is 3. The second-order valence-electron chi connectivity index (χ2n) is 5.35. The number of pyridine rings is 1. The molecule has 116 valence electrons. The third kappa shape index (κ3) is 3.16. The van der Waals surface area contributed by atoms with Crippen molar-refractivity contribution in [2.75, 3.05) is 11.9 Å². The van der Waals surface area contributed by atoms with Crippen LogP contribution in [0.1, 0.15) is 36.7 Å². The molecule has 0 atom stereocenters. The van der Waals surface area contributed by atoms with Gasteiger partial charge in [-0.3, -0.25) is 20.0 Å². The van der Waals surface area contributed by atoms with Gasteiger partial charge in [-0.15, -0.1) is 5.10 Å². The van der Waals surface area contributed by atoms with Crippen LogP contribution < -0.4 is 15.5 Å². The van der Waals surface area contributed by atoms with E-state index in [2.05, 4.69) is 25.5 Å². The lowest BCUT2D eigenvalue weighted by Gasteiger charge is -2.22. The van der Waals surface area contributed by atoms with Crippen LogP contribution in [-0.2, 0) is 4.79 Å². The van der Waals surface area contributed by atoms with Gasteiger partial charge in [0.2, 0.25) is 11.4 Å². The summed E-state index contributed by atoms with van der Waals surface area (Å²) in [5.74, 6) is 1.14. The number of aryl methyl sites for hydroxylation is 1. The van der Waals surface area contributed by atoms with Gasteiger partial charge in [0.25, 0.3) is 5.91 Å². The fourth-order valence-corrected chi connectivity index (χ4v) is 2.17. The minimum Gasteiger partial charge on any atom is -0.478 e. The van der Waals surface area contributed by atoms with E-state index in [0.29, 0.717) is 5.92 Å². The van der Waals surface area contributed by atoms with Crippen LogP contribution >= 0.6 is 0 Å². The number of H-pyrrole nitrogens is 2. The number of ether oxygens (including phenoxy) is 1. The normalized spacial score (nSPS) is 14.4. The zero-order valence-electron chi connectivity index (χ0n) is 12.2. The molecular formula is C14H17N5O3. The Balaban J connectivity index is 1.53. The average molecular weight is 303 g/mol. The van der Waals surface area contributed by atoms with Gasteiger partial charge in [0.1, 0.15) is 5.82 Å². The Morgan fingerprint density at radius 3 is 3.00 bits per heavy atom. The lowest BCUT2D eigenvalue weighted by Crippen LogP contribution is -2.23. The Hall–Kier alpha value is -2.64. The molecule has 22 heavy (non-hydrogen) atoms. The molecule has 0 aliphatic heterocycles. The highest BCUT2D eigenvalue weighted by atomic mass is 16.5. The third-order valence-corrected chi connectivity index (χ3v) is 3.63. The molecular weight excluding hydrogens is 286 g/mol. The Morgan fingerprint density at radius 2 is 2.32 bits per heavy atom. The smallest absolute Gasteiger partial charge is 0.264 e. The first kappa shape index (κ1) is 14.3. The van der Waals surface area contributed by atoms with Crippen molar-refractivity contribution in [2.24, 2.45) is 0 Å². The largest absolute Gasteiger partial charge is 0.478 e. The molecule has 0 unspecified atom stereocenters. The number of hydrogen-bond acceptors (Lipinski definition) is 5. The zero-order chi connectivity index (χ0) is 15.5. The van der Waals surface area contributed by atoms with E-state index in [-0.39, 0.29) is 23.7 Å². The number of aromatic amines is 2. The van der Waals surface area contributed by atoms with E-state index in [4.69, 9.17) is 4.74 Å². The van der Waals surface area contributed by atoms with Crippen LogP contribution in [-0.4, -0.2) is 32.7 Å². The fourth-order valence-electron chi connectivity index (χ4n) is 2.17. The van der Waals surface area contributed by atoms with Crippen molar-refractivity contribution in [1.82, 2.24) is 20.2 Å². The summed E-state index contributed by atoms with van der Waals surface area (Å²) >= 11 is 0. The molecule has 1 aliphatic carbocycles. The number of amides is 1. The molecule has 8 nitrogen and oxygen atoms in total. The molecule has 0 saturated heterocycles. The van der Waals surface area contributed by atoms with Crippen molar-refractivity contribution in [3.05, 3.63) is 34.0 Å². The highest BCUT2D eigenvalue weighted by Crippen LogP contribution is 2.34. The number of hydrogen-bond donors (Lipinski definition) is 3. The molecule has 3 rings (SSSR count). The van der Waals surface area contributed by atoms with Crippen LogP contribution in [0.15, 0.2) is 17.1 Å². The number of nitrogens with zero attached hydrogens (tertiary/aromatic N) is 2. The van der Waals surface area contributed by atoms with E-state index in [9.17, 15) is 9.59 Å². The SMILES string of the molecule is Cc1cc(=O)c(OCC(=O)Nc2n[nH]c(C3CCC3)n2)c[nH]1. The highest BCUT2D eigenvalue weighted by molar-refractivity contribution is 5.90. The van der Waals surface area contributed by atoms with E-state index >= 15 is 0 Å². The lowest BCUT2D eigenvalue weighted by atomic mass is 9.85. The maximum atomic E-state index is 11.8. The molecule has 2 aromatic heterocycles. The maximum Gasteiger partial charge on any atom is 0.264 e. The van der Waals surface area contributed by atoms with E-state index in [0.717, 1.165) is 24.4 Å². The molecule has 2 aromatic rings. The zero-order valence-corrected chi connectivity index (χ0v) is 12.2. The van der Waals surface area contributed by atoms with E-state index < -0.39 is 5.91 Å². The van der Waals surface area contributed by atoms with Gasteiger partial charge >= 0.3 is 0 Å². The first-order chi connectivity index (χ1) is 10.6. The summed E-state index contributed by atoms with van der Waals surface area (Å²) < 4.78 is 5.19. The third-order valence-electron chi connectivity index (χ3n) is 3.63. The van der Waals surface area contributed by atoms with Crippen LogP contribution in [0.2, 0.25) is 0 Å². The predicted molar refractivity (Wildman–Crippen MR) is 78.9 cm³/mol. The summed E-state index contributed by atoms with van der Waals surface area (Å²) in [6, 6.07) is 1.41. The number of carbonyl (C=O) groups excluding carboxylic acids is 1. The first-order valence-electron chi connectivity index (χ1n) is 7.16. The molecule has 1 amide bonds. The second-order valence-corrected chi connectivity index (χ2v) is 5.35. The van der Waals surface area contributed by atoms with Crippen LogP contribution in [0.25, 0.3) is 0 Å². The van der Waals surface area contributed by atoms with Gasteiger partial charge in [-0.2, -0.15) is 4.98 Å². The van der Waals surface area contributed by atoms with Crippen LogP contribution in [0.5, 0.6) is 5.75 Å². The number of rotatable bonds is 5. The molecule has 3 N–H and O–H groups in total. The highest BCUT2D eigenvalue weighted by Gasteiger charge is 2.23. The van der Waals surface area contributed by atoms with Crippen molar-refractivity contribution in [3.63, 3.8) is 0 Å². The topological polar surface area (TPSA) is 113 Å². The molecule has 0 bridgehead atoms.